The van der Waals surface area contributed by atoms with Crippen molar-refractivity contribution in [2.75, 3.05) is 42.0 Å². The van der Waals surface area contributed by atoms with E-state index in [0.717, 1.165) is 6.42 Å². The third-order valence-corrected chi connectivity index (χ3v) is 16.7. The van der Waals surface area contributed by atoms with E-state index < -0.39 is 118 Å². The number of methoxy groups -OCH3 is 3. The smallest absolute Gasteiger partial charge is 0.459 e. The highest BCUT2D eigenvalue weighted by molar-refractivity contribution is 6.70. The average Bonchev–Trinajstić information content (AvgIpc) is 3.45. The highest BCUT2D eigenvalue weighted by Crippen LogP contribution is 2.54. The van der Waals surface area contributed by atoms with Gasteiger partial charge in [-0.3, -0.25) is 4.79 Å². The highest BCUT2D eigenvalue weighted by Gasteiger charge is 2.67. The van der Waals surface area contributed by atoms with Crippen LogP contribution in [-0.4, -0.2) is 166 Å². The van der Waals surface area contributed by atoms with E-state index in [1.807, 2.05) is 41.5 Å². The Morgan fingerprint density at radius 2 is 1.42 bits per heavy atom. The Bertz CT molecular complexity index is 1650. The highest BCUT2D eigenvalue weighted by atomic mass is 28.4. The Balaban J connectivity index is 1.95. The van der Waals surface area contributed by atoms with Crippen molar-refractivity contribution in [3.05, 3.63) is 12.7 Å². The molecule has 0 N–H and O–H groups in total. The van der Waals surface area contributed by atoms with Gasteiger partial charge in [-0.05, 0) is 114 Å². The molecule has 4 rings (SSSR count). The second-order valence-electron chi connectivity index (χ2n) is 22.6. The van der Waals surface area contributed by atoms with Gasteiger partial charge >= 0.3 is 12.1 Å². The van der Waals surface area contributed by atoms with Crippen LogP contribution in [0.25, 0.3) is 0 Å². The molecule has 4 saturated heterocycles. The fourth-order valence-corrected chi connectivity index (χ4v) is 13.6. The lowest BCUT2D eigenvalue weighted by Gasteiger charge is -2.51. The molecule has 0 spiro atoms. The van der Waals surface area contributed by atoms with Crippen LogP contribution in [0.15, 0.2) is 12.7 Å². The van der Waals surface area contributed by atoms with Gasteiger partial charge in [-0.15, -0.1) is 0 Å². The van der Waals surface area contributed by atoms with Gasteiger partial charge in [0.05, 0.1) is 42.0 Å². The van der Waals surface area contributed by atoms with Crippen molar-refractivity contribution >= 4 is 28.8 Å². The molecule has 4 fully saturated rings. The van der Waals surface area contributed by atoms with Gasteiger partial charge in [0.1, 0.15) is 30.0 Å². The zero-order chi connectivity index (χ0) is 50.8. The predicted octanol–water partition coefficient (Wildman–Crippen LogP) is 8.32. The van der Waals surface area contributed by atoms with Crippen LogP contribution in [-0.2, 0) is 65.8 Å². The van der Waals surface area contributed by atoms with Crippen molar-refractivity contribution in [3.8, 4) is 0 Å². The number of hydrogen-bond acceptors (Lipinski definition) is 16. The summed E-state index contributed by atoms with van der Waals surface area (Å²) in [4.78, 5) is 30.0. The first kappa shape index (κ1) is 58.0. The summed E-state index contributed by atoms with van der Waals surface area (Å²) in [5, 5.41) is 0. The van der Waals surface area contributed by atoms with Crippen molar-refractivity contribution in [1.82, 2.24) is 4.90 Å². The standard InChI is InChI=1S/C49H91NO15Si2/c1-23-25-56-45(52)62-42-34(8)58-37(28-47(42,10)54-15)60-38-31(5)40(61-44-39(63-66(17,18)19)35(50(12)13)26-30(4)57-44)46(9,53-14)27-29(3)49(55-16)33(7)41(64-67(20,21)22)48(11,65-49)36(24-2)59-43(51)32(38)6/h23,29-42,44H,1,24-28H2,2-22H3/t29-,30-,31+,32-,33-,34+,35+,36-,37+,38+,39-,40-,41-,42+,44+,46-,47-,48-,49+/m1/s1. The minimum Gasteiger partial charge on any atom is -0.459 e. The number of rotatable bonds is 16. The van der Waals surface area contributed by atoms with Gasteiger partial charge in [-0.2, -0.15) is 0 Å². The summed E-state index contributed by atoms with van der Waals surface area (Å²) in [6, 6.07) is -0.0243. The van der Waals surface area contributed by atoms with Gasteiger partial charge in [-0.1, -0.05) is 40.3 Å². The second kappa shape index (κ2) is 22.5. The molecule has 18 heteroatoms. The molecule has 0 amide bonds. The molecule has 0 aromatic rings. The van der Waals surface area contributed by atoms with Crippen LogP contribution in [0.3, 0.4) is 0 Å². The first-order valence-corrected chi connectivity index (χ1v) is 31.4. The molecule has 4 aliphatic heterocycles. The summed E-state index contributed by atoms with van der Waals surface area (Å²) < 4.78 is 86.5. The van der Waals surface area contributed by atoms with Crippen LogP contribution in [0.1, 0.15) is 94.9 Å². The molecular formula is C49H91NO15Si2. The molecule has 0 aliphatic carbocycles. The van der Waals surface area contributed by atoms with Gasteiger partial charge in [0.15, 0.2) is 41.1 Å². The molecule has 4 aliphatic rings. The van der Waals surface area contributed by atoms with Crippen LogP contribution in [0.2, 0.25) is 39.3 Å². The molecule has 4 heterocycles. The van der Waals surface area contributed by atoms with Crippen molar-refractivity contribution in [2.24, 2.45) is 23.7 Å². The lowest BCUT2D eigenvalue weighted by molar-refractivity contribution is -0.322. The Labute approximate surface area is 405 Å². The number of ether oxygens (including phenoxy) is 11. The van der Waals surface area contributed by atoms with Crippen molar-refractivity contribution < 1.29 is 70.5 Å². The van der Waals surface area contributed by atoms with Crippen LogP contribution in [0, 0.1) is 23.7 Å². The molecule has 19 atom stereocenters. The number of carbonyl (C=O) groups excluding carboxylic acids is 2. The second-order valence-corrected chi connectivity index (χ2v) is 31.5. The van der Waals surface area contributed by atoms with Gasteiger partial charge in [0.25, 0.3) is 0 Å². The fourth-order valence-electron chi connectivity index (χ4n) is 11.3. The lowest BCUT2D eigenvalue weighted by atomic mass is 9.73. The van der Waals surface area contributed by atoms with Gasteiger partial charge in [0, 0.05) is 51.5 Å². The molecule has 2 bridgehead atoms. The summed E-state index contributed by atoms with van der Waals surface area (Å²) in [5.41, 5.74) is -3.29. The van der Waals surface area contributed by atoms with Crippen LogP contribution >= 0.6 is 0 Å². The van der Waals surface area contributed by atoms with E-state index >= 15 is 4.79 Å². The van der Waals surface area contributed by atoms with Crippen LogP contribution in [0.4, 0.5) is 4.79 Å². The number of fused-ring (bicyclic) bond motifs is 2. The summed E-state index contributed by atoms with van der Waals surface area (Å²) >= 11 is 0. The van der Waals surface area contributed by atoms with Gasteiger partial charge in [0.2, 0.25) is 0 Å². The minimum atomic E-state index is -2.23. The molecular weight excluding hydrogens is 899 g/mol. The maximum atomic E-state index is 15.1. The zero-order valence-electron chi connectivity index (χ0n) is 45.1. The quantitative estimate of drug-likeness (QED) is 0.0825. The fraction of sp³-hybridized carbons (Fsp3) is 0.918. The largest absolute Gasteiger partial charge is 0.509 e. The molecule has 0 aromatic heterocycles. The van der Waals surface area contributed by atoms with Gasteiger partial charge < -0.3 is 65.9 Å². The maximum Gasteiger partial charge on any atom is 0.509 e. The van der Waals surface area contributed by atoms with Gasteiger partial charge in [-0.25, -0.2) is 4.79 Å². The topological polar surface area (TPSA) is 157 Å². The predicted molar refractivity (Wildman–Crippen MR) is 259 cm³/mol. The van der Waals surface area contributed by atoms with E-state index in [1.165, 1.54) is 6.08 Å². The Morgan fingerprint density at radius 3 is 1.94 bits per heavy atom. The zero-order valence-corrected chi connectivity index (χ0v) is 47.1. The molecule has 0 radical (unpaired) electrons. The summed E-state index contributed by atoms with van der Waals surface area (Å²) in [5.74, 6) is -3.80. The van der Waals surface area contributed by atoms with E-state index in [1.54, 1.807) is 28.3 Å². The Morgan fingerprint density at radius 1 is 0.821 bits per heavy atom. The molecule has 0 unspecified atom stereocenters. The number of cyclic esters (lactones) is 1. The number of nitrogens with zero attached hydrogens (tertiary/aromatic N) is 1. The Kier molecular flexibility index (Phi) is 19.5. The van der Waals surface area contributed by atoms with Crippen LogP contribution in [0.5, 0.6) is 0 Å². The van der Waals surface area contributed by atoms with Crippen molar-refractivity contribution in [2.45, 2.75) is 224 Å². The molecule has 16 nitrogen and oxygen atoms in total. The van der Waals surface area contributed by atoms with E-state index in [9.17, 15) is 4.79 Å². The molecule has 0 aromatic carbocycles. The summed E-state index contributed by atoms with van der Waals surface area (Å²) in [6.45, 7) is 36.3. The van der Waals surface area contributed by atoms with E-state index in [-0.39, 0.29) is 37.0 Å². The SMILES string of the molecule is C=CCOC(=O)O[C@H]1[C@H](C)O[C@@H](O[C@H]2[C@H](C)[C@@H](O[C@@H]3O[C@H](C)C[C@H](N(C)C)[C@H]3O[Si](C)(C)C)[C@](C)(OC)C[C@@H](C)[C@]3(OC)O[C@@](C)([C@H](O[Si](C)(C)C)[C@H]3C)[C@@H](CC)OC(=O)[C@@H]2C)C[C@@]1(C)OC. The molecule has 67 heavy (non-hydrogen) atoms. The number of likely N-dealkylation sites (N-methyl/N-ethyl adjacent to an activating group) is 1. The first-order valence-electron chi connectivity index (χ1n) is 24.5. The Hall–Kier alpha value is -1.53. The summed E-state index contributed by atoms with van der Waals surface area (Å²) in [6.07, 6.45) is -4.60. The lowest BCUT2D eigenvalue weighted by Crippen LogP contribution is -2.62. The van der Waals surface area contributed by atoms with Crippen molar-refractivity contribution in [3.63, 3.8) is 0 Å². The maximum absolute atomic E-state index is 15.1. The monoisotopic (exact) mass is 990 g/mol. The number of esters is 1. The van der Waals surface area contributed by atoms with E-state index in [4.69, 9.17) is 61.0 Å². The van der Waals surface area contributed by atoms with Crippen LogP contribution < -0.4 is 0 Å². The van der Waals surface area contributed by atoms with E-state index in [2.05, 4.69) is 85.6 Å². The molecule has 0 saturated carbocycles. The number of carbonyl (C=O) groups is 2. The molecule has 390 valence electrons. The van der Waals surface area contributed by atoms with E-state index in [0.29, 0.717) is 12.8 Å². The van der Waals surface area contributed by atoms with Crippen molar-refractivity contribution in [1.29, 1.82) is 0 Å². The minimum absolute atomic E-state index is 0.0144. The average molecular weight is 990 g/mol. The number of hydrogen-bond donors (Lipinski definition) is 0. The third kappa shape index (κ3) is 12.9. The third-order valence-electron chi connectivity index (χ3n) is 14.7. The normalized spacial score (nSPS) is 43.7. The summed E-state index contributed by atoms with van der Waals surface area (Å²) in [7, 11) is 4.62. The first-order chi connectivity index (χ1) is 30.9.